The normalized spacial score (nSPS) is 13.4. The minimum Gasteiger partial charge on any atom is -0.379 e. The predicted molar refractivity (Wildman–Crippen MR) is 117 cm³/mol. The average molecular weight is 465 g/mol. The first-order valence-electron chi connectivity index (χ1n) is 9.49. The Kier molecular flexibility index (Phi) is 5.48. The SMILES string of the molecule is Cc1ccc(S(=O)(=O)Oc2ccc(/C=N/N3C(=O)c4ccccc4C3=O)cc2)cc1[N+](=O)[O-]. The Morgan fingerprint density at radius 2 is 1.58 bits per heavy atom. The quantitative estimate of drug-likeness (QED) is 0.179. The van der Waals surface area contributed by atoms with Crippen LogP contribution in [0.2, 0.25) is 0 Å². The summed E-state index contributed by atoms with van der Waals surface area (Å²) in [6.45, 7) is 1.50. The van der Waals surface area contributed by atoms with Gasteiger partial charge in [-0.2, -0.15) is 18.5 Å². The molecule has 0 N–H and O–H groups in total. The number of hydrazone groups is 1. The second kappa shape index (κ2) is 8.28. The van der Waals surface area contributed by atoms with Crippen LogP contribution < -0.4 is 4.18 Å². The molecule has 3 aromatic carbocycles. The highest BCUT2D eigenvalue weighted by atomic mass is 32.2. The van der Waals surface area contributed by atoms with Crippen LogP contribution in [0.5, 0.6) is 5.75 Å². The van der Waals surface area contributed by atoms with E-state index in [1.165, 1.54) is 49.5 Å². The summed E-state index contributed by atoms with van der Waals surface area (Å²) in [5.74, 6) is -1.11. The Bertz CT molecular complexity index is 1400. The number of carbonyl (C=O) groups excluding carboxylic acids is 2. The fraction of sp³-hybridized carbons (Fsp3) is 0.0455. The Hall–Kier alpha value is -4.38. The minimum absolute atomic E-state index is 0.0314. The molecule has 0 aromatic heterocycles. The van der Waals surface area contributed by atoms with Crippen molar-refractivity contribution in [2.24, 2.45) is 5.10 Å². The van der Waals surface area contributed by atoms with Crippen molar-refractivity contribution in [3.05, 3.63) is 99.1 Å². The maximum atomic E-state index is 12.5. The first kappa shape index (κ1) is 21.8. The van der Waals surface area contributed by atoms with Crippen LogP contribution in [0.4, 0.5) is 5.69 Å². The lowest BCUT2D eigenvalue weighted by atomic mass is 10.1. The maximum Gasteiger partial charge on any atom is 0.339 e. The van der Waals surface area contributed by atoms with Crippen LogP contribution in [0.15, 0.2) is 76.7 Å². The van der Waals surface area contributed by atoms with Crippen molar-refractivity contribution in [1.29, 1.82) is 0 Å². The molecule has 11 heteroatoms. The van der Waals surface area contributed by atoms with Gasteiger partial charge in [0.15, 0.2) is 0 Å². The van der Waals surface area contributed by atoms with Crippen LogP contribution in [0.25, 0.3) is 0 Å². The van der Waals surface area contributed by atoms with E-state index in [-0.39, 0.29) is 27.5 Å². The molecular formula is C22H15N3O7S. The fourth-order valence-electron chi connectivity index (χ4n) is 3.13. The lowest BCUT2D eigenvalue weighted by Crippen LogP contribution is -2.23. The number of imide groups is 1. The van der Waals surface area contributed by atoms with Crippen LogP contribution in [0.1, 0.15) is 31.8 Å². The van der Waals surface area contributed by atoms with Crippen molar-refractivity contribution in [2.45, 2.75) is 11.8 Å². The lowest BCUT2D eigenvalue weighted by molar-refractivity contribution is -0.385. The van der Waals surface area contributed by atoms with Crippen molar-refractivity contribution in [1.82, 2.24) is 5.01 Å². The molecule has 10 nitrogen and oxygen atoms in total. The van der Waals surface area contributed by atoms with Crippen LogP contribution >= 0.6 is 0 Å². The maximum absolute atomic E-state index is 12.5. The summed E-state index contributed by atoms with van der Waals surface area (Å²) >= 11 is 0. The van der Waals surface area contributed by atoms with Gasteiger partial charge in [0.25, 0.3) is 17.5 Å². The van der Waals surface area contributed by atoms with Gasteiger partial charge in [-0.25, -0.2) is 0 Å². The van der Waals surface area contributed by atoms with Gasteiger partial charge in [0, 0.05) is 11.6 Å². The third-order valence-electron chi connectivity index (χ3n) is 4.85. The van der Waals surface area contributed by atoms with Gasteiger partial charge in [0.2, 0.25) is 0 Å². The molecule has 3 aromatic rings. The summed E-state index contributed by atoms with van der Waals surface area (Å²) in [6.07, 6.45) is 1.28. The summed E-state index contributed by atoms with van der Waals surface area (Å²) in [7, 11) is -4.31. The largest absolute Gasteiger partial charge is 0.379 e. The van der Waals surface area contributed by atoms with E-state index in [1.54, 1.807) is 24.3 Å². The van der Waals surface area contributed by atoms with E-state index in [1.807, 2.05) is 0 Å². The van der Waals surface area contributed by atoms with Crippen molar-refractivity contribution in [2.75, 3.05) is 0 Å². The average Bonchev–Trinajstić information content (AvgIpc) is 3.03. The van der Waals surface area contributed by atoms with Crippen LogP contribution in [-0.4, -0.2) is 36.4 Å². The van der Waals surface area contributed by atoms with E-state index < -0.39 is 26.9 Å². The number of benzene rings is 3. The van der Waals surface area contributed by atoms with Crippen LogP contribution in [0, 0.1) is 17.0 Å². The van der Waals surface area contributed by atoms with E-state index in [0.29, 0.717) is 11.1 Å². The molecule has 0 spiro atoms. The molecule has 0 unspecified atom stereocenters. The molecule has 1 aliphatic rings. The number of nitrogens with zero attached hydrogens (tertiary/aromatic N) is 3. The van der Waals surface area contributed by atoms with Crippen molar-refractivity contribution >= 4 is 33.8 Å². The molecule has 2 amide bonds. The Morgan fingerprint density at radius 1 is 0.970 bits per heavy atom. The Morgan fingerprint density at radius 3 is 2.15 bits per heavy atom. The van der Waals surface area contributed by atoms with E-state index in [9.17, 15) is 28.1 Å². The van der Waals surface area contributed by atoms with Crippen LogP contribution in [-0.2, 0) is 10.1 Å². The molecule has 33 heavy (non-hydrogen) atoms. The molecule has 0 saturated carbocycles. The monoisotopic (exact) mass is 465 g/mol. The highest BCUT2D eigenvalue weighted by molar-refractivity contribution is 7.87. The smallest absolute Gasteiger partial charge is 0.339 e. The number of nitro groups is 1. The number of fused-ring (bicyclic) bond motifs is 1. The lowest BCUT2D eigenvalue weighted by Gasteiger charge is -2.08. The zero-order valence-electron chi connectivity index (χ0n) is 17.0. The molecule has 1 aliphatic heterocycles. The van der Waals surface area contributed by atoms with Gasteiger partial charge in [0.05, 0.1) is 22.3 Å². The highest BCUT2D eigenvalue weighted by Gasteiger charge is 2.35. The molecule has 0 aliphatic carbocycles. The number of aryl methyl sites for hydroxylation is 1. The molecule has 4 rings (SSSR count). The summed E-state index contributed by atoms with van der Waals surface area (Å²) in [5.41, 5.74) is 0.997. The number of hydrogen-bond donors (Lipinski definition) is 0. The van der Waals surface area contributed by atoms with E-state index >= 15 is 0 Å². The molecule has 0 fully saturated rings. The summed E-state index contributed by atoms with van der Waals surface area (Å²) < 4.78 is 30.1. The van der Waals surface area contributed by atoms with Gasteiger partial charge in [-0.05, 0) is 55.0 Å². The standard InChI is InChI=1S/C22H15N3O7S/c1-14-6-11-17(12-20(14)25(28)29)33(30,31)32-16-9-7-15(8-10-16)13-23-24-21(26)18-4-2-3-5-19(18)22(24)27/h2-13H,1H3/b23-13+. The van der Waals surface area contributed by atoms with Gasteiger partial charge in [-0.3, -0.25) is 19.7 Å². The van der Waals surface area contributed by atoms with Gasteiger partial charge >= 0.3 is 10.1 Å². The van der Waals surface area contributed by atoms with Gasteiger partial charge in [-0.15, -0.1) is 0 Å². The zero-order chi connectivity index (χ0) is 23.8. The molecule has 1 heterocycles. The van der Waals surface area contributed by atoms with Crippen molar-refractivity contribution in [3.8, 4) is 5.75 Å². The number of hydrogen-bond acceptors (Lipinski definition) is 8. The number of amides is 2. The molecule has 166 valence electrons. The van der Waals surface area contributed by atoms with E-state index in [4.69, 9.17) is 4.18 Å². The van der Waals surface area contributed by atoms with E-state index in [2.05, 4.69) is 5.10 Å². The molecule has 0 bridgehead atoms. The fourth-order valence-corrected chi connectivity index (χ4v) is 4.08. The van der Waals surface area contributed by atoms with Crippen molar-refractivity contribution < 1.29 is 27.1 Å². The summed E-state index contributed by atoms with van der Waals surface area (Å²) in [5, 5.41) is 15.8. The third kappa shape index (κ3) is 4.21. The molecular weight excluding hydrogens is 450 g/mol. The number of carbonyl (C=O) groups is 2. The second-order valence-corrected chi connectivity index (χ2v) is 8.57. The molecule has 0 saturated heterocycles. The van der Waals surface area contributed by atoms with Gasteiger partial charge < -0.3 is 4.18 Å². The third-order valence-corrected chi connectivity index (χ3v) is 6.09. The molecule has 0 radical (unpaired) electrons. The minimum atomic E-state index is -4.31. The number of nitro benzene ring substituents is 1. The Labute approximate surface area is 188 Å². The predicted octanol–water partition coefficient (Wildman–Crippen LogP) is 3.30. The van der Waals surface area contributed by atoms with E-state index in [0.717, 1.165) is 11.1 Å². The molecule has 0 atom stereocenters. The van der Waals surface area contributed by atoms with Crippen LogP contribution in [0.3, 0.4) is 0 Å². The summed E-state index contributed by atoms with van der Waals surface area (Å²) in [6, 6.07) is 15.5. The topological polar surface area (TPSA) is 136 Å². The van der Waals surface area contributed by atoms with Crippen molar-refractivity contribution in [3.63, 3.8) is 0 Å². The first-order valence-corrected chi connectivity index (χ1v) is 10.9. The first-order chi connectivity index (χ1) is 15.7. The zero-order valence-corrected chi connectivity index (χ0v) is 17.9. The number of rotatable bonds is 6. The second-order valence-electron chi connectivity index (χ2n) is 7.02. The van der Waals surface area contributed by atoms with Gasteiger partial charge in [-0.1, -0.05) is 18.2 Å². The highest BCUT2D eigenvalue weighted by Crippen LogP contribution is 2.25. The van der Waals surface area contributed by atoms with Gasteiger partial charge in [0.1, 0.15) is 10.6 Å². The Balaban J connectivity index is 1.49. The summed E-state index contributed by atoms with van der Waals surface area (Å²) in [4.78, 5) is 34.7.